The van der Waals surface area contributed by atoms with Gasteiger partial charge in [0.1, 0.15) is 11.3 Å². The molecule has 9 heteroatoms. The first-order valence-corrected chi connectivity index (χ1v) is 12.4. The number of aliphatic hydroxyl groups excluding tert-OH is 1. The lowest BCUT2D eigenvalue weighted by molar-refractivity contribution is -0.00750. The van der Waals surface area contributed by atoms with Crippen LogP contribution in [0, 0.1) is 0 Å². The molecule has 2 fully saturated rings. The number of carbonyl (C=O) groups excluding carboxylic acids is 2. The van der Waals surface area contributed by atoms with Crippen molar-refractivity contribution in [3.8, 4) is 5.88 Å². The minimum atomic E-state index is -0.756. The molecule has 3 N–H and O–H groups in total. The lowest BCUT2D eigenvalue weighted by atomic mass is 9.93. The van der Waals surface area contributed by atoms with Crippen LogP contribution in [0.1, 0.15) is 51.7 Å². The third-order valence-corrected chi connectivity index (χ3v) is 7.13. The Morgan fingerprint density at radius 2 is 1.94 bits per heavy atom. The van der Waals surface area contributed by atoms with Gasteiger partial charge >= 0.3 is 0 Å². The maximum atomic E-state index is 13.2. The second-order valence-corrected chi connectivity index (χ2v) is 9.35. The first kappa shape index (κ1) is 23.7. The second-order valence-electron chi connectivity index (χ2n) is 9.35. The molecule has 0 saturated carbocycles. The normalized spacial score (nSPS) is 23.9. The van der Waals surface area contributed by atoms with Crippen LogP contribution < -0.4 is 15.4 Å². The number of benzene rings is 1. The monoisotopic (exact) mass is 480 g/mol. The van der Waals surface area contributed by atoms with E-state index < -0.39 is 12.0 Å². The van der Waals surface area contributed by atoms with Gasteiger partial charge in [0.05, 0.1) is 38.0 Å². The fourth-order valence-electron chi connectivity index (χ4n) is 5.26. The SMILES string of the molecule is CCOc1nc(C(=O)N2C3CCC2COC3)ccc1C(=O)NC[C@@H](O)[C@@H]1Cc2ccccc2CN1. The van der Waals surface area contributed by atoms with E-state index in [0.717, 1.165) is 12.8 Å². The van der Waals surface area contributed by atoms with Crippen LogP contribution in [-0.2, 0) is 17.7 Å². The molecular weight excluding hydrogens is 448 g/mol. The fourth-order valence-corrected chi connectivity index (χ4v) is 5.26. The van der Waals surface area contributed by atoms with Crippen LogP contribution in [-0.4, -0.2) is 77.4 Å². The van der Waals surface area contributed by atoms with Gasteiger partial charge in [-0.25, -0.2) is 4.98 Å². The van der Waals surface area contributed by atoms with Crippen LogP contribution in [0.2, 0.25) is 0 Å². The Balaban J connectivity index is 1.24. The van der Waals surface area contributed by atoms with E-state index >= 15 is 0 Å². The molecule has 2 unspecified atom stereocenters. The summed E-state index contributed by atoms with van der Waals surface area (Å²) in [5, 5.41) is 16.8. The maximum absolute atomic E-state index is 13.2. The fraction of sp³-hybridized carbons (Fsp3) is 0.500. The summed E-state index contributed by atoms with van der Waals surface area (Å²) >= 11 is 0. The van der Waals surface area contributed by atoms with Gasteiger partial charge in [-0.3, -0.25) is 9.59 Å². The van der Waals surface area contributed by atoms with Crippen LogP contribution >= 0.6 is 0 Å². The smallest absolute Gasteiger partial charge is 0.273 e. The largest absolute Gasteiger partial charge is 0.477 e. The minimum Gasteiger partial charge on any atom is -0.477 e. The first-order chi connectivity index (χ1) is 17.0. The van der Waals surface area contributed by atoms with E-state index in [4.69, 9.17) is 9.47 Å². The molecule has 0 spiro atoms. The topological polar surface area (TPSA) is 113 Å². The molecule has 3 aliphatic rings. The van der Waals surface area contributed by atoms with Crippen LogP contribution in [0.5, 0.6) is 5.88 Å². The van der Waals surface area contributed by atoms with E-state index in [9.17, 15) is 14.7 Å². The molecular formula is C26H32N4O5. The van der Waals surface area contributed by atoms with Crippen molar-refractivity contribution in [3.05, 3.63) is 58.8 Å². The molecule has 1 aromatic heterocycles. The van der Waals surface area contributed by atoms with Crippen molar-refractivity contribution in [1.82, 2.24) is 20.5 Å². The lowest BCUT2D eigenvalue weighted by Crippen LogP contribution is -2.49. The Bertz CT molecular complexity index is 1080. The molecule has 9 nitrogen and oxygen atoms in total. The molecule has 2 bridgehead atoms. The van der Waals surface area contributed by atoms with Crippen LogP contribution in [0.15, 0.2) is 36.4 Å². The van der Waals surface area contributed by atoms with Crippen LogP contribution in [0.3, 0.4) is 0 Å². The van der Waals surface area contributed by atoms with E-state index in [2.05, 4.69) is 27.8 Å². The highest BCUT2D eigenvalue weighted by Gasteiger charge is 2.41. The van der Waals surface area contributed by atoms with Gasteiger partial charge in [0.2, 0.25) is 5.88 Å². The highest BCUT2D eigenvalue weighted by Crippen LogP contribution is 2.30. The zero-order chi connectivity index (χ0) is 24.4. The molecule has 1 aromatic carbocycles. The molecule has 186 valence electrons. The van der Waals surface area contributed by atoms with Crippen molar-refractivity contribution in [2.45, 2.75) is 57.0 Å². The summed E-state index contributed by atoms with van der Waals surface area (Å²) in [5.74, 6) is -0.440. The van der Waals surface area contributed by atoms with Crippen molar-refractivity contribution >= 4 is 11.8 Å². The highest BCUT2D eigenvalue weighted by atomic mass is 16.5. The highest BCUT2D eigenvalue weighted by molar-refractivity contribution is 5.98. The summed E-state index contributed by atoms with van der Waals surface area (Å²) in [7, 11) is 0. The summed E-state index contributed by atoms with van der Waals surface area (Å²) < 4.78 is 11.2. The predicted molar refractivity (Wildman–Crippen MR) is 128 cm³/mol. The molecule has 35 heavy (non-hydrogen) atoms. The van der Waals surface area contributed by atoms with Gasteiger partial charge in [-0.1, -0.05) is 24.3 Å². The number of amides is 2. The standard InChI is InChI=1S/C26H32N4O5/c1-2-35-25-20(9-10-21(29-25)26(33)30-18-7-8-19(30)15-34-14-18)24(32)28-13-23(31)22-11-16-5-3-4-6-17(16)12-27-22/h3-6,9-10,18-19,22-23,27,31H,2,7-8,11-15H2,1H3,(H,28,32)/t18?,19?,22-,23+/m0/s1. The summed E-state index contributed by atoms with van der Waals surface area (Å²) in [4.78, 5) is 32.4. The number of ether oxygens (including phenoxy) is 2. The zero-order valence-corrected chi connectivity index (χ0v) is 19.9. The average Bonchev–Trinajstić information content (AvgIpc) is 3.14. The molecule has 3 aliphatic heterocycles. The number of rotatable bonds is 7. The number of aromatic nitrogens is 1. The van der Waals surface area contributed by atoms with Crippen LogP contribution in [0.25, 0.3) is 0 Å². The number of pyridine rings is 1. The second kappa shape index (κ2) is 10.3. The van der Waals surface area contributed by atoms with Gasteiger partial charge in [-0.2, -0.15) is 0 Å². The van der Waals surface area contributed by atoms with Crippen molar-refractivity contribution < 1.29 is 24.2 Å². The van der Waals surface area contributed by atoms with E-state index in [1.807, 2.05) is 17.0 Å². The predicted octanol–water partition coefficient (Wildman–Crippen LogP) is 1.29. The van der Waals surface area contributed by atoms with Gasteiger partial charge in [0, 0.05) is 19.1 Å². The van der Waals surface area contributed by atoms with Crippen molar-refractivity contribution in [1.29, 1.82) is 0 Å². The summed E-state index contributed by atoms with van der Waals surface area (Å²) in [5.41, 5.74) is 2.93. The zero-order valence-electron chi connectivity index (χ0n) is 19.9. The maximum Gasteiger partial charge on any atom is 0.273 e. The number of morpholine rings is 1. The van der Waals surface area contributed by atoms with E-state index in [1.54, 1.807) is 19.1 Å². The molecule has 2 amide bonds. The summed E-state index contributed by atoms with van der Waals surface area (Å²) in [6, 6.07) is 11.3. The van der Waals surface area contributed by atoms with Gasteiger partial charge in [-0.05, 0) is 49.4 Å². The van der Waals surface area contributed by atoms with Gasteiger partial charge in [-0.15, -0.1) is 0 Å². The third kappa shape index (κ3) is 4.89. The number of fused-ring (bicyclic) bond motifs is 3. The third-order valence-electron chi connectivity index (χ3n) is 7.13. The van der Waals surface area contributed by atoms with E-state index in [-0.39, 0.29) is 47.7 Å². The Hall–Kier alpha value is -3.01. The number of aliphatic hydroxyl groups is 1. The number of nitrogens with zero attached hydrogens (tertiary/aromatic N) is 2. The van der Waals surface area contributed by atoms with Crippen LogP contribution in [0.4, 0.5) is 0 Å². The Labute approximate surface area is 204 Å². The van der Waals surface area contributed by atoms with Gasteiger partial charge in [0.25, 0.3) is 11.8 Å². The Morgan fingerprint density at radius 1 is 1.20 bits per heavy atom. The average molecular weight is 481 g/mol. The Kier molecular flexibility index (Phi) is 6.99. The van der Waals surface area contributed by atoms with E-state index in [1.165, 1.54) is 11.1 Å². The lowest BCUT2D eigenvalue weighted by Gasteiger charge is -2.34. The van der Waals surface area contributed by atoms with E-state index in [0.29, 0.717) is 32.8 Å². The Morgan fingerprint density at radius 3 is 2.69 bits per heavy atom. The molecule has 5 rings (SSSR count). The number of carbonyl (C=O) groups is 2. The van der Waals surface area contributed by atoms with Crippen molar-refractivity contribution in [3.63, 3.8) is 0 Å². The molecule has 4 heterocycles. The quantitative estimate of drug-likeness (QED) is 0.547. The summed E-state index contributed by atoms with van der Waals surface area (Å²) in [6.45, 7) is 3.97. The number of hydrogen-bond acceptors (Lipinski definition) is 7. The van der Waals surface area contributed by atoms with Gasteiger partial charge < -0.3 is 30.1 Å². The molecule has 0 aliphatic carbocycles. The van der Waals surface area contributed by atoms with Crippen molar-refractivity contribution in [2.75, 3.05) is 26.4 Å². The minimum absolute atomic E-state index is 0.0726. The molecule has 0 radical (unpaired) electrons. The molecule has 2 aromatic rings. The first-order valence-electron chi connectivity index (χ1n) is 12.4. The summed E-state index contributed by atoms with van der Waals surface area (Å²) in [6.07, 6.45) is 1.80. The number of hydrogen-bond donors (Lipinski definition) is 3. The number of nitrogens with one attached hydrogen (secondary N) is 2. The van der Waals surface area contributed by atoms with Crippen molar-refractivity contribution in [2.24, 2.45) is 0 Å². The molecule has 2 saturated heterocycles. The molecule has 4 atom stereocenters. The van der Waals surface area contributed by atoms with Gasteiger partial charge in [0.15, 0.2) is 0 Å².